The molecule has 1 aromatic rings. The molecule has 6 nitrogen and oxygen atoms in total. The van der Waals surface area contributed by atoms with Gasteiger partial charge in [-0.2, -0.15) is 0 Å². The summed E-state index contributed by atoms with van der Waals surface area (Å²) in [6.45, 7) is 18.5. The first kappa shape index (κ1) is 24.9. The molecule has 1 atom stereocenters. The predicted molar refractivity (Wildman–Crippen MR) is 151 cm³/mol. The summed E-state index contributed by atoms with van der Waals surface area (Å²) in [5.41, 5.74) is 14.3. The Hall–Kier alpha value is -3.80. The molecule has 5 rings (SSSR count). The molecule has 0 saturated carbocycles. The van der Waals surface area contributed by atoms with Gasteiger partial charge in [0.15, 0.2) is 0 Å². The number of hydrogen-bond donors (Lipinski definition) is 1. The van der Waals surface area contributed by atoms with E-state index in [1.807, 2.05) is 26.8 Å². The van der Waals surface area contributed by atoms with Gasteiger partial charge in [-0.1, -0.05) is 0 Å². The largest absolute Gasteiger partial charge is 0.468 e. The lowest BCUT2D eigenvalue weighted by Crippen LogP contribution is -2.43. The molecule has 8 bridgehead atoms. The van der Waals surface area contributed by atoms with Crippen molar-refractivity contribution in [3.8, 4) is 0 Å². The van der Waals surface area contributed by atoms with E-state index in [1.54, 1.807) is 0 Å². The smallest absolute Gasteiger partial charge is 0.323 e. The van der Waals surface area contributed by atoms with E-state index in [9.17, 15) is 4.79 Å². The number of carbonyl (C=O) groups is 1. The minimum Gasteiger partial charge on any atom is -0.468 e. The molecule has 37 heavy (non-hydrogen) atoms. The SMILES string of the molecule is COC(=O)C1(C)C2=N/C(=C\C3=NC(=C\C4=NC(=C\c5[nH]c1c(C)c5C)/C(C)=C4C)/C(C)=C3C)C(C)=C2C. The van der Waals surface area contributed by atoms with Crippen molar-refractivity contribution >= 4 is 29.2 Å². The van der Waals surface area contributed by atoms with Crippen molar-refractivity contribution in [2.45, 2.75) is 67.7 Å². The quantitative estimate of drug-likeness (QED) is 0.449. The second kappa shape index (κ2) is 8.37. The summed E-state index contributed by atoms with van der Waals surface area (Å²) in [6, 6.07) is 0. The zero-order chi connectivity index (χ0) is 27.0. The highest BCUT2D eigenvalue weighted by molar-refractivity contribution is 6.22. The second-order valence-electron chi connectivity index (χ2n) is 10.6. The number of aliphatic imine (C=N–C) groups is 3. The molecule has 1 aromatic heterocycles. The van der Waals surface area contributed by atoms with E-state index >= 15 is 0 Å². The van der Waals surface area contributed by atoms with Crippen LogP contribution in [0, 0.1) is 13.8 Å². The Morgan fingerprint density at radius 2 is 1.19 bits per heavy atom. The molecule has 0 spiro atoms. The van der Waals surface area contributed by atoms with Crippen LogP contribution in [0.2, 0.25) is 0 Å². The third-order valence-electron chi connectivity index (χ3n) is 8.67. The van der Waals surface area contributed by atoms with E-state index in [0.29, 0.717) is 5.71 Å². The number of aromatic amines is 1. The first-order valence-electron chi connectivity index (χ1n) is 12.6. The lowest BCUT2D eigenvalue weighted by molar-refractivity contribution is -0.144. The Balaban J connectivity index is 1.88. The molecule has 1 unspecified atom stereocenters. The van der Waals surface area contributed by atoms with Crippen molar-refractivity contribution in [1.82, 2.24) is 4.98 Å². The Morgan fingerprint density at radius 1 is 0.703 bits per heavy atom. The number of methoxy groups -OCH3 is 1. The van der Waals surface area contributed by atoms with Crippen LogP contribution in [-0.2, 0) is 14.9 Å². The summed E-state index contributed by atoms with van der Waals surface area (Å²) in [6.07, 6.45) is 6.19. The molecule has 0 aromatic carbocycles. The van der Waals surface area contributed by atoms with Crippen molar-refractivity contribution in [2.24, 2.45) is 15.0 Å². The van der Waals surface area contributed by atoms with Gasteiger partial charge in [0.1, 0.15) is 5.41 Å². The van der Waals surface area contributed by atoms with Crippen LogP contribution in [0.1, 0.15) is 71.0 Å². The number of nitrogens with zero attached hydrogens (tertiary/aromatic N) is 3. The number of H-pyrrole nitrogens is 1. The molecule has 0 radical (unpaired) electrons. The highest BCUT2D eigenvalue weighted by atomic mass is 16.5. The number of esters is 1. The molecule has 4 aliphatic rings. The summed E-state index contributed by atoms with van der Waals surface area (Å²) in [4.78, 5) is 32.1. The minimum absolute atomic E-state index is 0.354. The third kappa shape index (κ3) is 3.45. The fourth-order valence-electron chi connectivity index (χ4n) is 5.48. The lowest BCUT2D eigenvalue weighted by atomic mass is 9.77. The zero-order valence-corrected chi connectivity index (χ0v) is 23.4. The monoisotopic (exact) mass is 494 g/mol. The highest BCUT2D eigenvalue weighted by Crippen LogP contribution is 2.41. The minimum atomic E-state index is -1.12. The van der Waals surface area contributed by atoms with E-state index in [4.69, 9.17) is 19.7 Å². The second-order valence-corrected chi connectivity index (χ2v) is 10.6. The number of ether oxygens (including phenoxy) is 1. The van der Waals surface area contributed by atoms with Crippen LogP contribution in [0.4, 0.5) is 0 Å². The van der Waals surface area contributed by atoms with Gasteiger partial charge in [0.2, 0.25) is 0 Å². The van der Waals surface area contributed by atoms with Crippen LogP contribution < -0.4 is 0 Å². The van der Waals surface area contributed by atoms with Crippen molar-refractivity contribution in [3.05, 3.63) is 85.2 Å². The maximum atomic E-state index is 13.5. The molecular formula is C31H34N4O2. The van der Waals surface area contributed by atoms with Crippen LogP contribution in [-0.4, -0.2) is 35.2 Å². The molecular weight excluding hydrogens is 460 g/mol. The lowest BCUT2D eigenvalue weighted by Gasteiger charge is -2.28. The molecule has 0 amide bonds. The van der Waals surface area contributed by atoms with Crippen molar-refractivity contribution in [1.29, 1.82) is 0 Å². The number of rotatable bonds is 1. The summed E-state index contributed by atoms with van der Waals surface area (Å²) in [5.74, 6) is -0.354. The van der Waals surface area contributed by atoms with E-state index in [2.05, 4.69) is 58.7 Å². The molecule has 6 heteroatoms. The number of carbonyl (C=O) groups excluding carboxylic acids is 1. The maximum Gasteiger partial charge on any atom is 0.323 e. The predicted octanol–water partition coefficient (Wildman–Crippen LogP) is 6.56. The average Bonchev–Trinajstić information content (AvgIpc) is 3.51. The van der Waals surface area contributed by atoms with Gasteiger partial charge in [-0.05, 0) is 125 Å². The van der Waals surface area contributed by atoms with E-state index in [1.165, 1.54) is 7.11 Å². The molecule has 0 fully saturated rings. The molecule has 0 aliphatic carbocycles. The van der Waals surface area contributed by atoms with Crippen LogP contribution in [0.3, 0.4) is 0 Å². The normalized spacial score (nSPS) is 27.4. The summed E-state index contributed by atoms with van der Waals surface area (Å²) in [7, 11) is 1.43. The fourth-order valence-corrected chi connectivity index (χ4v) is 5.48. The number of aromatic nitrogens is 1. The summed E-state index contributed by atoms with van der Waals surface area (Å²) >= 11 is 0. The van der Waals surface area contributed by atoms with Gasteiger partial charge >= 0.3 is 5.97 Å². The Bertz CT molecular complexity index is 1590. The molecule has 5 heterocycles. The molecule has 190 valence electrons. The first-order chi connectivity index (χ1) is 17.4. The van der Waals surface area contributed by atoms with Crippen molar-refractivity contribution < 1.29 is 9.53 Å². The van der Waals surface area contributed by atoms with E-state index < -0.39 is 5.41 Å². The van der Waals surface area contributed by atoms with Gasteiger partial charge in [-0.25, -0.2) is 9.98 Å². The molecule has 4 aliphatic heterocycles. The van der Waals surface area contributed by atoms with Crippen LogP contribution >= 0.6 is 0 Å². The Morgan fingerprint density at radius 3 is 1.73 bits per heavy atom. The number of nitrogens with one attached hydrogen (secondary N) is 1. The first-order valence-corrected chi connectivity index (χ1v) is 12.6. The standard InChI is InChI=1S/C31H34N4O2/c1-14-16(3)24-12-26-18(5)20(7)28(34-26)31(9,30(36)37-10)29-21(8)19(6)27(35-29)13-25-17(4)15(2)23(33-25)11-22(14)32-24/h11-13,34H,1-10H3/b23-11-,24-12-,27-13-. The topological polar surface area (TPSA) is 79.2 Å². The van der Waals surface area contributed by atoms with Gasteiger partial charge in [0.25, 0.3) is 0 Å². The Kier molecular flexibility index (Phi) is 5.63. The van der Waals surface area contributed by atoms with Crippen LogP contribution in [0.25, 0.3) is 6.08 Å². The van der Waals surface area contributed by atoms with Gasteiger partial charge in [-0.3, -0.25) is 9.79 Å². The fraction of sp³-hybridized carbons (Fsp3) is 0.355. The van der Waals surface area contributed by atoms with Crippen molar-refractivity contribution in [2.75, 3.05) is 7.11 Å². The van der Waals surface area contributed by atoms with Gasteiger partial charge in [0, 0.05) is 11.4 Å². The van der Waals surface area contributed by atoms with Gasteiger partial charge < -0.3 is 9.72 Å². The molecule has 1 N–H and O–H groups in total. The third-order valence-corrected chi connectivity index (χ3v) is 8.67. The Labute approximate surface area is 218 Å². The van der Waals surface area contributed by atoms with E-state index in [-0.39, 0.29) is 5.97 Å². The number of allylic oxidation sites excluding steroid dienone is 8. The number of fused-ring (bicyclic) bond motifs is 5. The number of hydrogen-bond acceptors (Lipinski definition) is 5. The average molecular weight is 495 g/mol. The maximum absolute atomic E-state index is 13.5. The van der Waals surface area contributed by atoms with Crippen molar-refractivity contribution in [3.63, 3.8) is 0 Å². The summed E-state index contributed by atoms with van der Waals surface area (Å²) in [5, 5.41) is 0. The van der Waals surface area contributed by atoms with E-state index in [0.717, 1.165) is 84.5 Å². The van der Waals surface area contributed by atoms with Crippen LogP contribution in [0.15, 0.2) is 77.7 Å². The summed E-state index contributed by atoms with van der Waals surface area (Å²) < 4.78 is 5.39. The molecule has 0 saturated heterocycles. The van der Waals surface area contributed by atoms with Gasteiger partial charge in [0.05, 0.1) is 41.3 Å². The zero-order valence-electron chi connectivity index (χ0n) is 23.4. The highest BCUT2D eigenvalue weighted by Gasteiger charge is 2.47. The van der Waals surface area contributed by atoms with Crippen LogP contribution in [0.5, 0.6) is 0 Å². The van der Waals surface area contributed by atoms with Gasteiger partial charge in [-0.15, -0.1) is 0 Å².